The third-order valence-electron chi connectivity index (χ3n) is 8.98. The van der Waals surface area contributed by atoms with Gasteiger partial charge in [0.2, 0.25) is 0 Å². The molecule has 1 aromatic heterocycles. The molecule has 0 unspecified atom stereocenters. The van der Waals surface area contributed by atoms with Gasteiger partial charge < -0.3 is 35.0 Å². The molecule has 252 valence electrons. The molecule has 0 bridgehead atoms. The Bertz CT molecular complexity index is 1290. The molecule has 3 N–H and O–H groups in total. The summed E-state index contributed by atoms with van der Waals surface area (Å²) in [6.45, 7) is 6.65. The molecule has 0 saturated heterocycles. The molecule has 4 atom stereocenters. The highest BCUT2D eigenvalue weighted by Crippen LogP contribution is 2.29. The number of hydrogen-bond acceptors (Lipinski definition) is 7. The van der Waals surface area contributed by atoms with Crippen molar-refractivity contribution in [2.24, 2.45) is 5.92 Å². The number of benzene rings is 1. The van der Waals surface area contributed by atoms with Crippen LogP contribution in [-0.4, -0.2) is 95.4 Å². The lowest BCUT2D eigenvalue weighted by Gasteiger charge is -2.36. The summed E-state index contributed by atoms with van der Waals surface area (Å²) in [4.78, 5) is 47.6. The fourth-order valence-electron chi connectivity index (χ4n) is 6.13. The first-order valence-corrected chi connectivity index (χ1v) is 16.7. The highest BCUT2D eigenvalue weighted by molar-refractivity contribution is 5.99. The number of rotatable bonds is 7. The van der Waals surface area contributed by atoms with E-state index >= 15 is 0 Å². The van der Waals surface area contributed by atoms with Crippen LogP contribution in [0, 0.1) is 5.92 Å². The van der Waals surface area contributed by atoms with Crippen LogP contribution in [0.15, 0.2) is 42.7 Å². The normalized spacial score (nSPS) is 22.5. The van der Waals surface area contributed by atoms with Gasteiger partial charge in [-0.25, -0.2) is 4.79 Å². The van der Waals surface area contributed by atoms with Crippen molar-refractivity contribution >= 4 is 23.5 Å². The molecule has 11 heteroatoms. The molecule has 0 radical (unpaired) electrons. The molecule has 4 amide bonds. The Balaban J connectivity index is 1.58. The molecule has 1 fully saturated rings. The predicted octanol–water partition coefficient (Wildman–Crippen LogP) is 5.10. The van der Waals surface area contributed by atoms with E-state index < -0.39 is 6.04 Å². The fraction of sp³-hybridized carbons (Fsp3) is 0.600. The number of aromatic nitrogens is 1. The van der Waals surface area contributed by atoms with Gasteiger partial charge in [0, 0.05) is 62.3 Å². The number of anilines is 1. The first-order chi connectivity index (χ1) is 22.2. The molecular formula is C35H51N5O6. The monoisotopic (exact) mass is 637 g/mol. The van der Waals surface area contributed by atoms with E-state index in [4.69, 9.17) is 9.47 Å². The van der Waals surface area contributed by atoms with Crippen LogP contribution in [0.25, 0.3) is 0 Å². The predicted molar refractivity (Wildman–Crippen MR) is 177 cm³/mol. The second kappa shape index (κ2) is 17.3. The van der Waals surface area contributed by atoms with Crippen LogP contribution in [-0.2, 0) is 4.74 Å². The van der Waals surface area contributed by atoms with Gasteiger partial charge in [0.15, 0.2) is 0 Å². The maximum Gasteiger partial charge on any atom is 0.319 e. The number of nitrogens with zero attached hydrogens (tertiary/aromatic N) is 3. The summed E-state index contributed by atoms with van der Waals surface area (Å²) in [6.07, 6.45) is 10.4. The lowest BCUT2D eigenvalue weighted by molar-refractivity contribution is -0.0149. The van der Waals surface area contributed by atoms with E-state index in [1.807, 2.05) is 13.8 Å². The van der Waals surface area contributed by atoms with Gasteiger partial charge in [-0.2, -0.15) is 0 Å². The number of urea groups is 1. The maximum atomic E-state index is 14.3. The lowest BCUT2D eigenvalue weighted by Crippen LogP contribution is -2.48. The van der Waals surface area contributed by atoms with Crippen molar-refractivity contribution in [1.29, 1.82) is 0 Å². The minimum Gasteiger partial charge on any atom is -0.490 e. The van der Waals surface area contributed by atoms with Crippen molar-refractivity contribution in [3.05, 3.63) is 53.9 Å². The maximum absolute atomic E-state index is 14.3. The molecule has 4 rings (SSSR count). The van der Waals surface area contributed by atoms with Crippen LogP contribution < -0.4 is 15.4 Å². The van der Waals surface area contributed by atoms with E-state index in [9.17, 15) is 19.5 Å². The van der Waals surface area contributed by atoms with Gasteiger partial charge in [0.05, 0.1) is 30.4 Å². The summed E-state index contributed by atoms with van der Waals surface area (Å²) < 4.78 is 12.7. The Labute approximate surface area is 273 Å². The second-order valence-electron chi connectivity index (χ2n) is 12.9. The Morgan fingerprint density at radius 2 is 1.78 bits per heavy atom. The Morgan fingerprint density at radius 3 is 2.50 bits per heavy atom. The molecular weight excluding hydrogens is 586 g/mol. The van der Waals surface area contributed by atoms with Crippen LogP contribution >= 0.6 is 0 Å². The summed E-state index contributed by atoms with van der Waals surface area (Å²) in [5.74, 6) is -0.198. The number of fused-ring (bicyclic) bond motifs is 1. The summed E-state index contributed by atoms with van der Waals surface area (Å²) in [5.41, 5.74) is 1.34. The topological polar surface area (TPSA) is 133 Å². The van der Waals surface area contributed by atoms with Crippen molar-refractivity contribution in [2.45, 2.75) is 96.4 Å². The van der Waals surface area contributed by atoms with E-state index in [2.05, 4.69) is 15.6 Å². The van der Waals surface area contributed by atoms with Crippen LogP contribution in [0.1, 0.15) is 92.9 Å². The van der Waals surface area contributed by atoms with Gasteiger partial charge in [-0.05, 0) is 76.3 Å². The average molecular weight is 638 g/mol. The molecule has 1 aliphatic carbocycles. The summed E-state index contributed by atoms with van der Waals surface area (Å²) in [5, 5.41) is 16.2. The van der Waals surface area contributed by atoms with E-state index in [1.54, 1.807) is 66.5 Å². The average Bonchev–Trinajstić information content (AvgIpc) is 3.06. The Hall–Kier alpha value is -3.70. The second-order valence-corrected chi connectivity index (χ2v) is 12.9. The van der Waals surface area contributed by atoms with Crippen molar-refractivity contribution in [1.82, 2.24) is 20.1 Å². The van der Waals surface area contributed by atoms with Gasteiger partial charge >= 0.3 is 6.03 Å². The van der Waals surface area contributed by atoms with Gasteiger partial charge in [-0.3, -0.25) is 14.6 Å². The highest BCUT2D eigenvalue weighted by atomic mass is 16.5. The van der Waals surface area contributed by atoms with Gasteiger partial charge in [0.1, 0.15) is 5.75 Å². The number of likely N-dealkylation sites (N-methyl/N-ethyl adjacent to an activating group) is 1. The minimum absolute atomic E-state index is 0.137. The quantitative estimate of drug-likeness (QED) is 0.385. The van der Waals surface area contributed by atoms with Crippen molar-refractivity contribution < 1.29 is 29.0 Å². The molecule has 2 heterocycles. The molecule has 1 aromatic carbocycles. The summed E-state index contributed by atoms with van der Waals surface area (Å²) >= 11 is 0. The number of hydrogen-bond donors (Lipinski definition) is 3. The SMILES string of the molecule is C[C@@H]1CCCCO[C@@H](CN(C)C(=O)c2ccncc2)[C@@H](C)CN([C@@H](C)CO)C(=O)c2cc(NC(=O)NC3CCCCC3)ccc2O1. The molecule has 1 aliphatic heterocycles. The van der Waals surface area contributed by atoms with Crippen LogP contribution in [0.5, 0.6) is 5.75 Å². The minimum atomic E-state index is -0.504. The largest absolute Gasteiger partial charge is 0.490 e. The first kappa shape index (κ1) is 35.2. The third kappa shape index (κ3) is 9.90. The first-order valence-electron chi connectivity index (χ1n) is 16.7. The van der Waals surface area contributed by atoms with Gasteiger partial charge in [0.25, 0.3) is 11.8 Å². The highest BCUT2D eigenvalue weighted by Gasteiger charge is 2.31. The Morgan fingerprint density at radius 1 is 1.07 bits per heavy atom. The van der Waals surface area contributed by atoms with Crippen LogP contribution in [0.2, 0.25) is 0 Å². The number of carbonyl (C=O) groups is 3. The van der Waals surface area contributed by atoms with Crippen LogP contribution in [0.3, 0.4) is 0 Å². The zero-order valence-corrected chi connectivity index (χ0v) is 27.7. The van der Waals surface area contributed by atoms with Crippen molar-refractivity contribution in [3.63, 3.8) is 0 Å². The lowest BCUT2D eigenvalue weighted by atomic mass is 9.96. The van der Waals surface area contributed by atoms with E-state index in [0.29, 0.717) is 35.7 Å². The number of carbonyl (C=O) groups excluding carboxylic acids is 3. The zero-order chi connectivity index (χ0) is 33.1. The smallest absolute Gasteiger partial charge is 0.319 e. The fourth-order valence-corrected chi connectivity index (χ4v) is 6.13. The number of pyridine rings is 1. The number of aliphatic hydroxyl groups excluding tert-OH is 1. The number of nitrogens with one attached hydrogen (secondary N) is 2. The summed E-state index contributed by atoms with van der Waals surface area (Å²) in [6, 6.07) is 7.87. The van der Waals surface area contributed by atoms with E-state index in [0.717, 1.165) is 44.9 Å². The van der Waals surface area contributed by atoms with Crippen LogP contribution in [0.4, 0.5) is 10.5 Å². The van der Waals surface area contributed by atoms with Crippen molar-refractivity contribution in [2.75, 3.05) is 38.7 Å². The third-order valence-corrected chi connectivity index (χ3v) is 8.98. The van der Waals surface area contributed by atoms with E-state index in [-0.39, 0.29) is 55.2 Å². The standard InChI is InChI=1S/C35H51N5O6/c1-24-21-40(25(2)23-41)34(43)30-20-29(38-35(44)37-28-11-6-5-7-12-28)13-14-31(30)46-26(3)10-8-9-19-45-32(24)22-39(4)33(42)27-15-17-36-18-16-27/h13-18,20,24-26,28,32,41H,5-12,19,21-23H2,1-4H3,(H2,37,38,44)/t24-,25-,26+,32-/m0/s1. The molecule has 2 aliphatic rings. The van der Waals surface area contributed by atoms with E-state index in [1.165, 1.54) is 6.42 Å². The number of ether oxygens (including phenoxy) is 2. The van der Waals surface area contributed by atoms with Gasteiger partial charge in [-0.1, -0.05) is 26.2 Å². The molecule has 46 heavy (non-hydrogen) atoms. The van der Waals surface area contributed by atoms with Crippen molar-refractivity contribution in [3.8, 4) is 5.75 Å². The number of aliphatic hydroxyl groups is 1. The molecule has 11 nitrogen and oxygen atoms in total. The number of amides is 4. The molecule has 1 saturated carbocycles. The zero-order valence-electron chi connectivity index (χ0n) is 27.7. The molecule has 0 spiro atoms. The molecule has 2 aromatic rings. The van der Waals surface area contributed by atoms with Gasteiger partial charge in [-0.15, -0.1) is 0 Å². The summed E-state index contributed by atoms with van der Waals surface area (Å²) in [7, 11) is 1.75. The Kier molecular flexibility index (Phi) is 13.2.